The Balaban J connectivity index is 2.21. The van der Waals surface area contributed by atoms with E-state index in [1.807, 2.05) is 35.1 Å². The average Bonchev–Trinajstić information content (AvgIpc) is 2.78. The van der Waals surface area contributed by atoms with E-state index in [0.717, 1.165) is 22.4 Å². The van der Waals surface area contributed by atoms with Gasteiger partial charge in [-0.3, -0.25) is 0 Å². The van der Waals surface area contributed by atoms with Crippen molar-refractivity contribution in [1.29, 1.82) is 0 Å². The van der Waals surface area contributed by atoms with E-state index in [4.69, 9.17) is 11.6 Å². The third-order valence-electron chi connectivity index (χ3n) is 2.49. The first-order chi connectivity index (χ1) is 8.56. The molecule has 5 heteroatoms. The molecule has 2 aromatic rings. The first-order valence-corrected chi connectivity index (χ1v) is 6.96. The van der Waals surface area contributed by atoms with Crippen molar-refractivity contribution in [2.24, 2.45) is 0 Å². The van der Waals surface area contributed by atoms with Crippen molar-refractivity contribution < 1.29 is 0 Å². The van der Waals surface area contributed by atoms with E-state index in [1.54, 1.807) is 0 Å². The maximum atomic E-state index is 6.00. The average molecular weight is 329 g/mol. The van der Waals surface area contributed by atoms with Crippen LogP contribution in [0.5, 0.6) is 0 Å². The Hall–Kier alpha value is -0.840. The molecule has 1 N–H and O–H groups in total. The van der Waals surface area contributed by atoms with E-state index < -0.39 is 0 Å². The van der Waals surface area contributed by atoms with Gasteiger partial charge in [0.15, 0.2) is 0 Å². The highest BCUT2D eigenvalue weighted by atomic mass is 79.9. The van der Waals surface area contributed by atoms with E-state index in [1.165, 1.54) is 0 Å². The Morgan fingerprint density at radius 1 is 1.39 bits per heavy atom. The molecule has 0 saturated heterocycles. The third kappa shape index (κ3) is 3.34. The van der Waals surface area contributed by atoms with Gasteiger partial charge in [0, 0.05) is 28.3 Å². The Kier molecular flexibility index (Phi) is 4.43. The molecule has 2 rings (SSSR count). The van der Waals surface area contributed by atoms with Crippen LogP contribution in [0.15, 0.2) is 34.9 Å². The van der Waals surface area contributed by atoms with Crippen molar-refractivity contribution in [3.8, 4) is 5.69 Å². The van der Waals surface area contributed by atoms with E-state index in [9.17, 15) is 0 Å². The Morgan fingerprint density at radius 3 is 2.89 bits per heavy atom. The number of nitrogens with one attached hydrogen (secondary N) is 1. The zero-order valence-corrected chi connectivity index (χ0v) is 12.7. The number of benzene rings is 1. The number of nitrogens with zero attached hydrogens (tertiary/aromatic N) is 2. The van der Waals surface area contributed by atoms with Crippen LogP contribution in [0.3, 0.4) is 0 Å². The molecule has 0 amide bonds. The van der Waals surface area contributed by atoms with Crippen LogP contribution >= 0.6 is 27.5 Å². The number of hydrogen-bond donors (Lipinski definition) is 1. The van der Waals surface area contributed by atoms with E-state index in [-0.39, 0.29) is 0 Å². The van der Waals surface area contributed by atoms with Gasteiger partial charge in [0.25, 0.3) is 0 Å². The summed E-state index contributed by atoms with van der Waals surface area (Å²) < 4.78 is 2.80. The summed E-state index contributed by atoms with van der Waals surface area (Å²) in [6.45, 7) is 5.00. The summed E-state index contributed by atoms with van der Waals surface area (Å²) in [6, 6.07) is 8.11. The van der Waals surface area contributed by atoms with Crippen LogP contribution in [0.2, 0.25) is 5.02 Å². The molecule has 1 aromatic heterocycles. The van der Waals surface area contributed by atoms with Crippen molar-refractivity contribution in [3.63, 3.8) is 0 Å². The molecule has 0 aliphatic carbocycles. The van der Waals surface area contributed by atoms with Gasteiger partial charge in [-0.1, -0.05) is 25.4 Å². The SMILES string of the molecule is CC(C)NCc1ccn(-c2cc(Cl)ccc2Br)n1. The maximum Gasteiger partial charge on any atom is 0.0802 e. The summed E-state index contributed by atoms with van der Waals surface area (Å²) in [6.07, 6.45) is 1.94. The van der Waals surface area contributed by atoms with Gasteiger partial charge >= 0.3 is 0 Å². The van der Waals surface area contributed by atoms with Crippen LogP contribution in [0.1, 0.15) is 19.5 Å². The second kappa shape index (κ2) is 5.87. The number of hydrogen-bond acceptors (Lipinski definition) is 2. The minimum absolute atomic E-state index is 0.452. The van der Waals surface area contributed by atoms with E-state index in [2.05, 4.69) is 40.2 Å². The van der Waals surface area contributed by atoms with E-state index in [0.29, 0.717) is 11.1 Å². The van der Waals surface area contributed by atoms with Crippen molar-refractivity contribution in [2.75, 3.05) is 0 Å². The Labute approximate surface area is 120 Å². The van der Waals surface area contributed by atoms with Crippen molar-refractivity contribution >= 4 is 27.5 Å². The van der Waals surface area contributed by atoms with Crippen LogP contribution in [0.4, 0.5) is 0 Å². The highest BCUT2D eigenvalue weighted by Crippen LogP contribution is 2.24. The maximum absolute atomic E-state index is 6.00. The fraction of sp³-hybridized carbons (Fsp3) is 0.308. The summed E-state index contributed by atoms with van der Waals surface area (Å²) >= 11 is 9.51. The smallest absolute Gasteiger partial charge is 0.0802 e. The molecule has 0 bridgehead atoms. The highest BCUT2D eigenvalue weighted by molar-refractivity contribution is 9.10. The van der Waals surface area contributed by atoms with Crippen LogP contribution < -0.4 is 5.32 Å². The molecule has 3 nitrogen and oxygen atoms in total. The molecule has 18 heavy (non-hydrogen) atoms. The van der Waals surface area contributed by atoms with Crippen molar-refractivity contribution in [2.45, 2.75) is 26.4 Å². The molecule has 0 fully saturated rings. The Bertz CT molecular complexity index is 537. The molecular weight excluding hydrogens is 314 g/mol. The molecule has 0 radical (unpaired) electrons. The lowest BCUT2D eigenvalue weighted by Gasteiger charge is -2.06. The molecule has 96 valence electrons. The quantitative estimate of drug-likeness (QED) is 0.925. The summed E-state index contributed by atoms with van der Waals surface area (Å²) in [4.78, 5) is 0. The van der Waals surface area contributed by atoms with Gasteiger partial charge in [-0.2, -0.15) is 5.10 Å². The molecule has 0 aliphatic heterocycles. The molecule has 0 unspecified atom stereocenters. The zero-order chi connectivity index (χ0) is 13.1. The standard InChI is InChI=1S/C13H15BrClN3/c1-9(2)16-8-11-5-6-18(17-11)13-7-10(15)3-4-12(13)14/h3-7,9,16H,8H2,1-2H3. The van der Waals surface area contributed by atoms with Gasteiger partial charge in [-0.15, -0.1) is 0 Å². The van der Waals surface area contributed by atoms with Gasteiger partial charge in [-0.25, -0.2) is 4.68 Å². The van der Waals surface area contributed by atoms with Crippen molar-refractivity contribution in [3.05, 3.63) is 45.7 Å². The normalized spacial score (nSPS) is 11.2. The van der Waals surface area contributed by atoms with Crippen molar-refractivity contribution in [1.82, 2.24) is 15.1 Å². The zero-order valence-electron chi connectivity index (χ0n) is 10.3. The van der Waals surface area contributed by atoms with Crippen LogP contribution in [-0.2, 0) is 6.54 Å². The molecular formula is C13H15BrClN3. The molecule has 1 aromatic carbocycles. The number of halogens is 2. The molecule has 0 aliphatic rings. The highest BCUT2D eigenvalue weighted by Gasteiger charge is 2.06. The summed E-state index contributed by atoms with van der Waals surface area (Å²) in [7, 11) is 0. The number of aromatic nitrogens is 2. The molecule has 1 heterocycles. The second-order valence-electron chi connectivity index (χ2n) is 4.38. The minimum Gasteiger partial charge on any atom is -0.309 e. The number of rotatable bonds is 4. The topological polar surface area (TPSA) is 29.9 Å². The van der Waals surface area contributed by atoms with Gasteiger partial charge in [0.2, 0.25) is 0 Å². The monoisotopic (exact) mass is 327 g/mol. The van der Waals surface area contributed by atoms with Crippen LogP contribution in [0, 0.1) is 0 Å². The summed E-state index contributed by atoms with van der Waals surface area (Å²) in [5.41, 5.74) is 1.95. The lowest BCUT2D eigenvalue weighted by Crippen LogP contribution is -2.22. The van der Waals surface area contributed by atoms with Gasteiger partial charge in [0.1, 0.15) is 0 Å². The van der Waals surface area contributed by atoms with Crippen LogP contribution in [0.25, 0.3) is 5.69 Å². The molecule has 0 spiro atoms. The summed E-state index contributed by atoms with van der Waals surface area (Å²) in [5.74, 6) is 0. The van der Waals surface area contributed by atoms with Gasteiger partial charge < -0.3 is 5.32 Å². The summed E-state index contributed by atoms with van der Waals surface area (Å²) in [5, 5.41) is 8.56. The first kappa shape index (κ1) is 13.6. The second-order valence-corrected chi connectivity index (χ2v) is 5.67. The molecule has 0 atom stereocenters. The predicted octanol–water partition coefficient (Wildman–Crippen LogP) is 3.79. The lowest BCUT2D eigenvalue weighted by molar-refractivity contribution is 0.578. The first-order valence-electron chi connectivity index (χ1n) is 5.79. The fourth-order valence-corrected chi connectivity index (χ4v) is 2.15. The molecule has 0 saturated carbocycles. The largest absolute Gasteiger partial charge is 0.309 e. The van der Waals surface area contributed by atoms with Crippen LogP contribution in [-0.4, -0.2) is 15.8 Å². The fourth-order valence-electron chi connectivity index (χ4n) is 1.56. The Morgan fingerprint density at radius 2 is 2.17 bits per heavy atom. The third-order valence-corrected chi connectivity index (χ3v) is 3.40. The van der Waals surface area contributed by atoms with Gasteiger partial charge in [0.05, 0.1) is 11.4 Å². The minimum atomic E-state index is 0.452. The van der Waals surface area contributed by atoms with E-state index >= 15 is 0 Å². The lowest BCUT2D eigenvalue weighted by atomic mass is 10.3. The van der Waals surface area contributed by atoms with Gasteiger partial charge in [-0.05, 0) is 40.2 Å². The predicted molar refractivity (Wildman–Crippen MR) is 78.2 cm³/mol.